The Morgan fingerprint density at radius 3 is 2.41 bits per heavy atom. The minimum absolute atomic E-state index is 0.243. The molecular formula is C25H24N4O5. The Hall–Kier alpha value is -4.66. The van der Waals surface area contributed by atoms with E-state index >= 15 is 0 Å². The molecule has 0 spiro atoms. The molecule has 0 atom stereocenters. The SMILES string of the molecule is COc1cccc(NC(=O)COc2ccccc2/C=N\NC(=O)C(=O)Nc2ccc(C)cc2)c1. The molecule has 0 bridgehead atoms. The summed E-state index contributed by atoms with van der Waals surface area (Å²) in [5.41, 5.74) is 4.79. The second kappa shape index (κ2) is 11.8. The molecule has 0 saturated heterocycles. The van der Waals surface area contributed by atoms with Gasteiger partial charge in [-0.15, -0.1) is 0 Å². The van der Waals surface area contributed by atoms with Gasteiger partial charge in [0, 0.05) is 23.0 Å². The number of aryl methyl sites for hydroxylation is 1. The zero-order valence-corrected chi connectivity index (χ0v) is 18.7. The fourth-order valence-corrected chi connectivity index (χ4v) is 2.80. The molecule has 9 heteroatoms. The number of carbonyl (C=O) groups excluding carboxylic acids is 3. The Labute approximate surface area is 196 Å². The number of hydrazone groups is 1. The summed E-state index contributed by atoms with van der Waals surface area (Å²) in [5, 5.41) is 9.02. The van der Waals surface area contributed by atoms with Gasteiger partial charge in [-0.3, -0.25) is 14.4 Å². The van der Waals surface area contributed by atoms with Crippen LogP contribution < -0.4 is 25.5 Å². The van der Waals surface area contributed by atoms with Crippen molar-refractivity contribution in [2.75, 3.05) is 24.4 Å². The quantitative estimate of drug-likeness (QED) is 0.271. The Bertz CT molecular complexity index is 1190. The number of nitrogens with one attached hydrogen (secondary N) is 3. The van der Waals surface area contributed by atoms with Gasteiger partial charge in [0.1, 0.15) is 11.5 Å². The Kier molecular flexibility index (Phi) is 8.34. The smallest absolute Gasteiger partial charge is 0.329 e. The van der Waals surface area contributed by atoms with Crippen LogP contribution in [-0.2, 0) is 14.4 Å². The summed E-state index contributed by atoms with van der Waals surface area (Å²) in [6.07, 6.45) is 1.33. The van der Waals surface area contributed by atoms with Crippen molar-refractivity contribution >= 4 is 35.3 Å². The van der Waals surface area contributed by atoms with Crippen LogP contribution in [-0.4, -0.2) is 37.7 Å². The van der Waals surface area contributed by atoms with Crippen LogP contribution in [0.15, 0.2) is 77.9 Å². The van der Waals surface area contributed by atoms with Crippen LogP contribution in [0.25, 0.3) is 0 Å². The van der Waals surface area contributed by atoms with E-state index in [0.717, 1.165) is 5.56 Å². The van der Waals surface area contributed by atoms with Crippen molar-refractivity contribution in [1.29, 1.82) is 0 Å². The standard InChI is InChI=1S/C25H24N4O5/c1-17-10-12-19(13-11-17)28-24(31)25(32)29-26-15-18-6-3-4-9-22(18)34-16-23(30)27-20-7-5-8-21(14-20)33-2/h3-15H,16H2,1-2H3,(H,27,30)(H,28,31)(H,29,32)/b26-15-. The normalized spacial score (nSPS) is 10.4. The van der Waals surface area contributed by atoms with Gasteiger partial charge >= 0.3 is 11.8 Å². The second-order valence-electron chi connectivity index (χ2n) is 7.13. The van der Waals surface area contributed by atoms with Gasteiger partial charge in [-0.25, -0.2) is 5.43 Å². The summed E-state index contributed by atoms with van der Waals surface area (Å²) in [6.45, 7) is 1.68. The van der Waals surface area contributed by atoms with Crippen molar-refractivity contribution in [1.82, 2.24) is 5.43 Å². The molecule has 0 aromatic heterocycles. The third-order valence-electron chi connectivity index (χ3n) is 4.52. The lowest BCUT2D eigenvalue weighted by atomic mass is 10.2. The number of carbonyl (C=O) groups is 3. The summed E-state index contributed by atoms with van der Waals surface area (Å²) >= 11 is 0. The van der Waals surface area contributed by atoms with Crippen LogP contribution in [0.2, 0.25) is 0 Å². The highest BCUT2D eigenvalue weighted by Crippen LogP contribution is 2.18. The molecule has 0 aliphatic carbocycles. The Morgan fingerprint density at radius 2 is 1.65 bits per heavy atom. The summed E-state index contributed by atoms with van der Waals surface area (Å²) in [6, 6.07) is 20.8. The minimum atomic E-state index is -0.923. The number of ether oxygens (including phenoxy) is 2. The zero-order chi connectivity index (χ0) is 24.3. The van der Waals surface area contributed by atoms with Crippen molar-refractivity contribution in [3.8, 4) is 11.5 Å². The highest BCUT2D eigenvalue weighted by atomic mass is 16.5. The number of rotatable bonds is 8. The Morgan fingerprint density at radius 1 is 0.882 bits per heavy atom. The number of hydrogen-bond acceptors (Lipinski definition) is 6. The second-order valence-corrected chi connectivity index (χ2v) is 7.13. The van der Waals surface area contributed by atoms with Crippen molar-refractivity contribution in [2.24, 2.45) is 5.10 Å². The predicted molar refractivity (Wildman–Crippen MR) is 129 cm³/mol. The van der Waals surface area contributed by atoms with E-state index in [1.165, 1.54) is 6.21 Å². The maximum Gasteiger partial charge on any atom is 0.329 e. The van der Waals surface area contributed by atoms with E-state index in [1.807, 2.05) is 19.1 Å². The van der Waals surface area contributed by atoms with E-state index in [1.54, 1.807) is 67.8 Å². The summed E-state index contributed by atoms with van der Waals surface area (Å²) < 4.78 is 10.7. The van der Waals surface area contributed by atoms with Crippen molar-refractivity contribution < 1.29 is 23.9 Å². The molecule has 3 aromatic rings. The molecule has 3 N–H and O–H groups in total. The van der Waals surface area contributed by atoms with E-state index in [0.29, 0.717) is 28.4 Å². The molecule has 3 aromatic carbocycles. The summed E-state index contributed by atoms with van der Waals surface area (Å²) in [4.78, 5) is 36.2. The van der Waals surface area contributed by atoms with Crippen LogP contribution in [0.4, 0.5) is 11.4 Å². The number of benzene rings is 3. The predicted octanol–water partition coefficient (Wildman–Crippen LogP) is 3.11. The van der Waals surface area contributed by atoms with Gasteiger partial charge in [0.05, 0.1) is 13.3 Å². The first-order chi connectivity index (χ1) is 16.4. The topological polar surface area (TPSA) is 118 Å². The molecule has 0 aliphatic rings. The first kappa shape index (κ1) is 24.0. The van der Waals surface area contributed by atoms with Crippen molar-refractivity contribution in [2.45, 2.75) is 6.92 Å². The first-order valence-corrected chi connectivity index (χ1v) is 10.3. The average molecular weight is 460 g/mol. The number of nitrogens with zero attached hydrogens (tertiary/aromatic N) is 1. The fraction of sp³-hybridized carbons (Fsp3) is 0.120. The van der Waals surface area contributed by atoms with Crippen molar-refractivity contribution in [3.63, 3.8) is 0 Å². The lowest BCUT2D eigenvalue weighted by molar-refractivity contribution is -0.136. The number of para-hydroxylation sites is 1. The molecule has 9 nitrogen and oxygen atoms in total. The molecular weight excluding hydrogens is 436 g/mol. The van der Waals surface area contributed by atoms with E-state index in [4.69, 9.17) is 9.47 Å². The van der Waals surface area contributed by atoms with E-state index in [2.05, 4.69) is 21.2 Å². The molecule has 0 saturated carbocycles. The van der Waals surface area contributed by atoms with Gasteiger partial charge in [0.25, 0.3) is 5.91 Å². The third-order valence-corrected chi connectivity index (χ3v) is 4.52. The molecule has 174 valence electrons. The monoisotopic (exact) mass is 460 g/mol. The molecule has 3 rings (SSSR count). The maximum absolute atomic E-state index is 12.2. The van der Waals surface area contributed by atoms with Gasteiger partial charge in [-0.05, 0) is 43.3 Å². The van der Waals surface area contributed by atoms with Gasteiger partial charge in [0.2, 0.25) is 0 Å². The summed E-state index contributed by atoms with van der Waals surface area (Å²) in [7, 11) is 1.54. The van der Waals surface area contributed by atoms with Crippen LogP contribution >= 0.6 is 0 Å². The number of hydrogen-bond donors (Lipinski definition) is 3. The molecule has 0 aliphatic heterocycles. The first-order valence-electron chi connectivity index (χ1n) is 10.3. The van der Waals surface area contributed by atoms with Crippen LogP contribution in [0.3, 0.4) is 0 Å². The van der Waals surface area contributed by atoms with Crippen LogP contribution in [0.5, 0.6) is 11.5 Å². The van der Waals surface area contributed by atoms with E-state index in [-0.39, 0.29) is 12.5 Å². The van der Waals surface area contributed by atoms with Crippen LogP contribution in [0, 0.1) is 6.92 Å². The fourth-order valence-electron chi connectivity index (χ4n) is 2.80. The molecule has 0 fully saturated rings. The average Bonchev–Trinajstić information content (AvgIpc) is 2.84. The number of methoxy groups -OCH3 is 1. The lowest BCUT2D eigenvalue weighted by Crippen LogP contribution is -2.32. The van der Waals surface area contributed by atoms with E-state index < -0.39 is 11.8 Å². The third kappa shape index (κ3) is 7.20. The minimum Gasteiger partial charge on any atom is -0.497 e. The van der Waals surface area contributed by atoms with Gasteiger partial charge in [-0.2, -0.15) is 5.10 Å². The highest BCUT2D eigenvalue weighted by molar-refractivity contribution is 6.39. The molecule has 3 amide bonds. The number of anilines is 2. The van der Waals surface area contributed by atoms with Gasteiger partial charge in [0.15, 0.2) is 6.61 Å². The maximum atomic E-state index is 12.2. The van der Waals surface area contributed by atoms with Gasteiger partial charge < -0.3 is 20.1 Å². The van der Waals surface area contributed by atoms with Crippen molar-refractivity contribution in [3.05, 3.63) is 83.9 Å². The van der Waals surface area contributed by atoms with Gasteiger partial charge in [-0.1, -0.05) is 35.9 Å². The molecule has 0 heterocycles. The molecule has 0 unspecified atom stereocenters. The lowest BCUT2D eigenvalue weighted by Gasteiger charge is -2.10. The highest BCUT2D eigenvalue weighted by Gasteiger charge is 2.13. The molecule has 0 radical (unpaired) electrons. The zero-order valence-electron chi connectivity index (χ0n) is 18.7. The Balaban J connectivity index is 1.52. The van der Waals surface area contributed by atoms with E-state index in [9.17, 15) is 14.4 Å². The number of amides is 3. The largest absolute Gasteiger partial charge is 0.497 e. The van der Waals surface area contributed by atoms with Crippen LogP contribution in [0.1, 0.15) is 11.1 Å². The summed E-state index contributed by atoms with van der Waals surface area (Å²) in [5.74, 6) is -1.13. The molecule has 34 heavy (non-hydrogen) atoms.